The normalized spacial score (nSPS) is 11.6. The topological polar surface area (TPSA) is 51.0 Å². The SMILES string of the molecule is CC(=Nc1ccc(-c2ccns2)cc1)c1cnccn1. The van der Waals surface area contributed by atoms with Gasteiger partial charge in [-0.25, -0.2) is 4.37 Å². The van der Waals surface area contributed by atoms with Gasteiger partial charge >= 0.3 is 0 Å². The van der Waals surface area contributed by atoms with E-state index in [1.165, 1.54) is 11.5 Å². The van der Waals surface area contributed by atoms with Crippen LogP contribution in [0.5, 0.6) is 0 Å². The lowest BCUT2D eigenvalue weighted by Crippen LogP contribution is -1.97. The summed E-state index contributed by atoms with van der Waals surface area (Å²) in [7, 11) is 0. The Bertz CT molecular complexity index is 703. The molecule has 0 atom stereocenters. The molecule has 3 rings (SSSR count). The number of aromatic nitrogens is 3. The molecule has 1 aromatic carbocycles. The Hall–Kier alpha value is -2.40. The first-order chi connectivity index (χ1) is 9.83. The minimum atomic E-state index is 0.791. The molecule has 5 heteroatoms. The van der Waals surface area contributed by atoms with E-state index in [9.17, 15) is 0 Å². The lowest BCUT2D eigenvalue weighted by molar-refractivity contribution is 1.17. The van der Waals surface area contributed by atoms with Crippen molar-refractivity contribution in [2.75, 3.05) is 0 Å². The van der Waals surface area contributed by atoms with Crippen LogP contribution in [0.25, 0.3) is 10.4 Å². The van der Waals surface area contributed by atoms with Gasteiger partial charge in [-0.15, -0.1) is 0 Å². The van der Waals surface area contributed by atoms with Crippen molar-refractivity contribution in [3.8, 4) is 10.4 Å². The van der Waals surface area contributed by atoms with Gasteiger partial charge in [-0.2, -0.15) is 0 Å². The van der Waals surface area contributed by atoms with Crippen LogP contribution in [0, 0.1) is 0 Å². The fourth-order valence-corrected chi connectivity index (χ4v) is 2.40. The van der Waals surface area contributed by atoms with Gasteiger partial charge in [0.25, 0.3) is 0 Å². The predicted molar refractivity (Wildman–Crippen MR) is 81.5 cm³/mol. The average molecular weight is 280 g/mol. The van der Waals surface area contributed by atoms with Crippen molar-refractivity contribution in [3.05, 3.63) is 60.8 Å². The van der Waals surface area contributed by atoms with Gasteiger partial charge in [-0.05, 0) is 42.2 Å². The molecule has 20 heavy (non-hydrogen) atoms. The van der Waals surface area contributed by atoms with Gasteiger partial charge in [0.15, 0.2) is 0 Å². The number of nitrogens with zero attached hydrogens (tertiary/aromatic N) is 4. The van der Waals surface area contributed by atoms with Gasteiger partial charge in [-0.1, -0.05) is 12.1 Å². The van der Waals surface area contributed by atoms with E-state index in [0.717, 1.165) is 27.5 Å². The third-order valence-electron chi connectivity index (χ3n) is 2.82. The first-order valence-electron chi connectivity index (χ1n) is 6.16. The summed E-state index contributed by atoms with van der Waals surface area (Å²) in [5.74, 6) is 0. The van der Waals surface area contributed by atoms with Crippen molar-refractivity contribution in [3.63, 3.8) is 0 Å². The Labute approximate surface area is 121 Å². The molecule has 4 nitrogen and oxygen atoms in total. The molecule has 0 saturated carbocycles. The van der Waals surface area contributed by atoms with Crippen LogP contribution in [-0.4, -0.2) is 20.1 Å². The van der Waals surface area contributed by atoms with Crippen LogP contribution in [0.1, 0.15) is 12.6 Å². The maximum atomic E-state index is 4.55. The van der Waals surface area contributed by atoms with Gasteiger partial charge in [0.2, 0.25) is 0 Å². The zero-order valence-corrected chi connectivity index (χ0v) is 11.7. The van der Waals surface area contributed by atoms with Crippen molar-refractivity contribution < 1.29 is 0 Å². The van der Waals surface area contributed by atoms with Gasteiger partial charge in [-0.3, -0.25) is 15.0 Å². The summed E-state index contributed by atoms with van der Waals surface area (Å²) in [6, 6.07) is 10.1. The second-order valence-corrected chi connectivity index (χ2v) is 5.04. The Kier molecular flexibility index (Phi) is 3.60. The van der Waals surface area contributed by atoms with E-state index in [2.05, 4.69) is 31.5 Å². The predicted octanol–water partition coefficient (Wildman–Crippen LogP) is 3.74. The highest BCUT2D eigenvalue weighted by Crippen LogP contribution is 2.25. The largest absolute Gasteiger partial charge is 0.261 e. The van der Waals surface area contributed by atoms with E-state index in [1.807, 2.05) is 31.3 Å². The van der Waals surface area contributed by atoms with Crippen molar-refractivity contribution in [1.29, 1.82) is 0 Å². The highest BCUT2D eigenvalue weighted by atomic mass is 32.1. The van der Waals surface area contributed by atoms with Crippen LogP contribution in [0.3, 0.4) is 0 Å². The number of rotatable bonds is 3. The van der Waals surface area contributed by atoms with Crippen LogP contribution < -0.4 is 0 Å². The number of aliphatic imine (C=N–C) groups is 1. The zero-order chi connectivity index (χ0) is 13.8. The molecule has 0 aliphatic carbocycles. The lowest BCUT2D eigenvalue weighted by Gasteiger charge is -2.01. The fraction of sp³-hybridized carbons (Fsp3) is 0.0667. The molecule has 0 N–H and O–H groups in total. The third kappa shape index (κ3) is 2.78. The van der Waals surface area contributed by atoms with E-state index in [1.54, 1.807) is 18.6 Å². The van der Waals surface area contributed by atoms with Gasteiger partial charge in [0.05, 0.1) is 22.5 Å². The van der Waals surface area contributed by atoms with E-state index in [4.69, 9.17) is 0 Å². The molecule has 2 heterocycles. The van der Waals surface area contributed by atoms with Crippen LogP contribution >= 0.6 is 11.5 Å². The molecule has 98 valence electrons. The average Bonchev–Trinajstić information content (AvgIpc) is 3.03. The first kappa shape index (κ1) is 12.6. The van der Waals surface area contributed by atoms with E-state index < -0.39 is 0 Å². The standard InChI is InChI=1S/C15H12N4S/c1-11(14-10-16-8-9-17-14)19-13-4-2-12(3-5-13)15-6-7-18-20-15/h2-10H,1H3. The molecular weight excluding hydrogens is 268 g/mol. The summed E-state index contributed by atoms with van der Waals surface area (Å²) in [5.41, 5.74) is 3.70. The molecular formula is C15H12N4S. The first-order valence-corrected chi connectivity index (χ1v) is 6.93. The van der Waals surface area contributed by atoms with Crippen molar-refractivity contribution in [2.24, 2.45) is 4.99 Å². The van der Waals surface area contributed by atoms with Crippen LogP contribution in [0.2, 0.25) is 0 Å². The molecule has 0 aliphatic heterocycles. The van der Waals surface area contributed by atoms with Crippen molar-refractivity contribution in [1.82, 2.24) is 14.3 Å². The molecule has 2 aromatic heterocycles. The van der Waals surface area contributed by atoms with Gasteiger partial charge in [0.1, 0.15) is 5.69 Å². The van der Waals surface area contributed by atoms with E-state index in [-0.39, 0.29) is 0 Å². The molecule has 0 aliphatic rings. The third-order valence-corrected chi connectivity index (χ3v) is 3.62. The summed E-state index contributed by atoms with van der Waals surface area (Å²) < 4.78 is 4.11. The Balaban J connectivity index is 1.85. The Morgan fingerprint density at radius 1 is 1.05 bits per heavy atom. The smallest absolute Gasteiger partial charge is 0.102 e. The van der Waals surface area contributed by atoms with Crippen LogP contribution in [0.4, 0.5) is 5.69 Å². The summed E-state index contributed by atoms with van der Waals surface area (Å²) in [6.07, 6.45) is 6.84. The Morgan fingerprint density at radius 3 is 2.55 bits per heavy atom. The maximum absolute atomic E-state index is 4.55. The monoisotopic (exact) mass is 280 g/mol. The highest BCUT2D eigenvalue weighted by molar-refractivity contribution is 7.09. The van der Waals surface area contributed by atoms with E-state index in [0.29, 0.717) is 0 Å². The molecule has 0 fully saturated rings. The molecule has 0 spiro atoms. The number of hydrogen-bond acceptors (Lipinski definition) is 5. The number of benzene rings is 1. The van der Waals surface area contributed by atoms with Gasteiger partial charge in [0, 0.05) is 18.6 Å². The molecule has 0 unspecified atom stereocenters. The summed E-state index contributed by atoms with van der Waals surface area (Å²) in [4.78, 5) is 14.0. The second-order valence-electron chi connectivity index (χ2n) is 4.21. The number of hydrogen-bond donors (Lipinski definition) is 0. The van der Waals surface area contributed by atoms with Crippen molar-refractivity contribution >= 4 is 22.9 Å². The molecule has 0 saturated heterocycles. The van der Waals surface area contributed by atoms with Crippen LogP contribution in [-0.2, 0) is 0 Å². The van der Waals surface area contributed by atoms with Crippen LogP contribution in [0.15, 0.2) is 60.1 Å². The summed E-state index contributed by atoms with van der Waals surface area (Å²) in [6.45, 7) is 1.93. The molecule has 0 amide bonds. The lowest BCUT2D eigenvalue weighted by atomic mass is 10.2. The van der Waals surface area contributed by atoms with Gasteiger partial charge < -0.3 is 0 Å². The summed E-state index contributed by atoms with van der Waals surface area (Å²) >= 11 is 1.49. The molecule has 0 radical (unpaired) electrons. The quantitative estimate of drug-likeness (QED) is 0.687. The summed E-state index contributed by atoms with van der Waals surface area (Å²) in [5, 5.41) is 0. The fourth-order valence-electron chi connectivity index (χ4n) is 1.80. The van der Waals surface area contributed by atoms with E-state index >= 15 is 0 Å². The minimum Gasteiger partial charge on any atom is -0.261 e. The Morgan fingerprint density at radius 2 is 1.90 bits per heavy atom. The maximum Gasteiger partial charge on any atom is 0.102 e. The molecule has 3 aromatic rings. The zero-order valence-electron chi connectivity index (χ0n) is 10.9. The minimum absolute atomic E-state index is 0.791. The van der Waals surface area contributed by atoms with Crippen molar-refractivity contribution in [2.45, 2.75) is 6.92 Å². The second kappa shape index (κ2) is 5.71. The highest BCUT2D eigenvalue weighted by Gasteiger charge is 2.01. The molecule has 0 bridgehead atoms.